The third-order valence-electron chi connectivity index (χ3n) is 3.54. The highest BCUT2D eigenvalue weighted by Gasteiger charge is 2.14. The summed E-state index contributed by atoms with van der Waals surface area (Å²) in [7, 11) is 0. The second-order valence-corrected chi connectivity index (χ2v) is 6.10. The molecule has 1 aromatic heterocycles. The number of carbonyl (C=O) groups excluding carboxylic acids is 1. The van der Waals surface area contributed by atoms with Crippen molar-refractivity contribution in [3.05, 3.63) is 59.0 Å². The van der Waals surface area contributed by atoms with Crippen LogP contribution in [-0.2, 0) is 6.54 Å². The third kappa shape index (κ3) is 2.40. The molecule has 2 aromatic carbocycles. The second kappa shape index (κ2) is 5.35. The minimum Gasteiger partial charge on any atom is -0.454 e. The monoisotopic (exact) mass is 311 g/mol. The van der Waals surface area contributed by atoms with Crippen LogP contribution in [0.25, 0.3) is 10.1 Å². The molecule has 110 valence electrons. The van der Waals surface area contributed by atoms with Crippen molar-refractivity contribution >= 4 is 27.3 Å². The lowest BCUT2D eigenvalue weighted by Gasteiger charge is -2.05. The molecule has 5 heteroatoms. The summed E-state index contributed by atoms with van der Waals surface area (Å²) in [6, 6.07) is 15.6. The van der Waals surface area contributed by atoms with Crippen molar-refractivity contribution in [1.29, 1.82) is 0 Å². The lowest BCUT2D eigenvalue weighted by Crippen LogP contribution is -2.21. The minimum atomic E-state index is -0.0566. The summed E-state index contributed by atoms with van der Waals surface area (Å²) in [5, 5.41) is 4.04. The number of amides is 1. The van der Waals surface area contributed by atoms with E-state index in [0.717, 1.165) is 32.0 Å². The predicted molar refractivity (Wildman–Crippen MR) is 85.6 cm³/mol. The molecule has 0 spiro atoms. The maximum absolute atomic E-state index is 12.3. The zero-order valence-corrected chi connectivity index (χ0v) is 12.5. The first kappa shape index (κ1) is 13.2. The number of fused-ring (bicyclic) bond motifs is 2. The van der Waals surface area contributed by atoms with Crippen molar-refractivity contribution < 1.29 is 14.3 Å². The molecule has 1 aliphatic rings. The van der Waals surface area contributed by atoms with Crippen LogP contribution in [0.3, 0.4) is 0 Å². The molecule has 0 bridgehead atoms. The Labute approximate surface area is 131 Å². The first-order chi connectivity index (χ1) is 10.8. The quantitative estimate of drug-likeness (QED) is 0.804. The van der Waals surface area contributed by atoms with Gasteiger partial charge in [-0.05, 0) is 35.2 Å². The van der Waals surface area contributed by atoms with Crippen molar-refractivity contribution in [2.45, 2.75) is 6.54 Å². The highest BCUT2D eigenvalue weighted by Crippen LogP contribution is 2.32. The number of hydrogen-bond donors (Lipinski definition) is 1. The lowest BCUT2D eigenvalue weighted by molar-refractivity contribution is 0.0955. The van der Waals surface area contributed by atoms with E-state index in [4.69, 9.17) is 9.47 Å². The van der Waals surface area contributed by atoms with E-state index in [0.29, 0.717) is 6.54 Å². The number of ether oxygens (including phenoxy) is 2. The van der Waals surface area contributed by atoms with Gasteiger partial charge in [-0.1, -0.05) is 24.3 Å². The second-order valence-electron chi connectivity index (χ2n) is 5.02. The smallest absolute Gasteiger partial charge is 0.261 e. The number of carbonyl (C=O) groups is 1. The van der Waals surface area contributed by atoms with E-state index < -0.39 is 0 Å². The zero-order chi connectivity index (χ0) is 14.9. The van der Waals surface area contributed by atoms with Gasteiger partial charge in [-0.15, -0.1) is 11.3 Å². The molecule has 1 N–H and O–H groups in total. The third-order valence-corrected chi connectivity index (χ3v) is 4.65. The van der Waals surface area contributed by atoms with Gasteiger partial charge in [0.05, 0.1) is 4.88 Å². The van der Waals surface area contributed by atoms with E-state index in [1.165, 1.54) is 11.3 Å². The lowest BCUT2D eigenvalue weighted by atomic mass is 10.2. The Kier molecular flexibility index (Phi) is 3.20. The van der Waals surface area contributed by atoms with Crippen LogP contribution < -0.4 is 14.8 Å². The molecule has 1 aliphatic heterocycles. The van der Waals surface area contributed by atoms with Gasteiger partial charge in [0, 0.05) is 11.2 Å². The van der Waals surface area contributed by atoms with E-state index in [-0.39, 0.29) is 12.7 Å². The van der Waals surface area contributed by atoms with Crippen molar-refractivity contribution in [3.63, 3.8) is 0 Å². The first-order valence-electron chi connectivity index (χ1n) is 6.95. The Morgan fingerprint density at radius 3 is 2.86 bits per heavy atom. The molecule has 2 heterocycles. The van der Waals surface area contributed by atoms with Crippen LogP contribution >= 0.6 is 11.3 Å². The zero-order valence-electron chi connectivity index (χ0n) is 11.7. The molecule has 4 rings (SSSR count). The molecule has 0 unspecified atom stereocenters. The summed E-state index contributed by atoms with van der Waals surface area (Å²) >= 11 is 1.50. The standard InChI is InChI=1S/C17H13NO3S/c19-17(16-8-12-3-1-2-4-15(12)22-16)18-9-11-5-6-13-14(7-11)21-10-20-13/h1-8H,9-10H2,(H,18,19). The first-order valence-corrected chi connectivity index (χ1v) is 7.76. The van der Waals surface area contributed by atoms with Gasteiger partial charge in [0.2, 0.25) is 6.79 Å². The van der Waals surface area contributed by atoms with E-state index in [1.54, 1.807) is 0 Å². The molecular formula is C17H13NO3S. The van der Waals surface area contributed by atoms with Gasteiger partial charge in [0.15, 0.2) is 11.5 Å². The van der Waals surface area contributed by atoms with Crippen molar-refractivity contribution in [2.75, 3.05) is 6.79 Å². The largest absolute Gasteiger partial charge is 0.454 e. The minimum absolute atomic E-state index is 0.0566. The van der Waals surface area contributed by atoms with Crippen molar-refractivity contribution in [1.82, 2.24) is 5.32 Å². The Balaban J connectivity index is 1.48. The molecular weight excluding hydrogens is 298 g/mol. The van der Waals surface area contributed by atoms with Gasteiger partial charge in [-0.25, -0.2) is 0 Å². The Hall–Kier alpha value is -2.53. The van der Waals surface area contributed by atoms with Crippen LogP contribution in [0.5, 0.6) is 11.5 Å². The predicted octanol–water partition coefficient (Wildman–Crippen LogP) is 3.56. The molecule has 0 radical (unpaired) electrons. The van der Waals surface area contributed by atoms with E-state index in [2.05, 4.69) is 5.32 Å². The summed E-state index contributed by atoms with van der Waals surface area (Å²) in [5.41, 5.74) is 0.985. The SMILES string of the molecule is O=C(NCc1ccc2c(c1)OCO2)c1cc2ccccc2s1. The number of thiophene rings is 1. The Bertz CT molecular complexity index is 823. The van der Waals surface area contributed by atoms with Gasteiger partial charge in [0.25, 0.3) is 5.91 Å². The molecule has 22 heavy (non-hydrogen) atoms. The van der Waals surface area contributed by atoms with E-state index >= 15 is 0 Å². The highest BCUT2D eigenvalue weighted by atomic mass is 32.1. The number of benzene rings is 2. The summed E-state index contributed by atoms with van der Waals surface area (Å²) < 4.78 is 11.7. The highest BCUT2D eigenvalue weighted by molar-refractivity contribution is 7.20. The van der Waals surface area contributed by atoms with Gasteiger partial charge in [-0.2, -0.15) is 0 Å². The maximum Gasteiger partial charge on any atom is 0.261 e. The molecule has 1 amide bonds. The Morgan fingerprint density at radius 2 is 1.95 bits per heavy atom. The van der Waals surface area contributed by atoms with Crippen molar-refractivity contribution in [2.24, 2.45) is 0 Å². The summed E-state index contributed by atoms with van der Waals surface area (Å²) in [5.74, 6) is 1.42. The van der Waals surface area contributed by atoms with E-state index in [9.17, 15) is 4.79 Å². The van der Waals surface area contributed by atoms with Gasteiger partial charge in [-0.3, -0.25) is 4.79 Å². The average Bonchev–Trinajstić information content (AvgIpc) is 3.18. The van der Waals surface area contributed by atoms with Crippen LogP contribution in [0.15, 0.2) is 48.5 Å². The fourth-order valence-electron chi connectivity index (χ4n) is 2.41. The molecule has 0 atom stereocenters. The Morgan fingerprint density at radius 1 is 1.09 bits per heavy atom. The fourth-order valence-corrected chi connectivity index (χ4v) is 3.39. The van der Waals surface area contributed by atoms with Crippen LogP contribution in [-0.4, -0.2) is 12.7 Å². The summed E-state index contributed by atoms with van der Waals surface area (Å²) in [6.45, 7) is 0.719. The van der Waals surface area contributed by atoms with Crippen LogP contribution in [0, 0.1) is 0 Å². The van der Waals surface area contributed by atoms with Gasteiger partial charge < -0.3 is 14.8 Å². The molecule has 0 aliphatic carbocycles. The average molecular weight is 311 g/mol. The van der Waals surface area contributed by atoms with Crippen molar-refractivity contribution in [3.8, 4) is 11.5 Å². The molecule has 4 nitrogen and oxygen atoms in total. The maximum atomic E-state index is 12.3. The van der Waals surface area contributed by atoms with Crippen LogP contribution in [0.1, 0.15) is 15.2 Å². The fraction of sp³-hybridized carbons (Fsp3) is 0.118. The van der Waals surface area contributed by atoms with Gasteiger partial charge >= 0.3 is 0 Å². The topological polar surface area (TPSA) is 47.6 Å². The summed E-state index contributed by atoms with van der Waals surface area (Å²) in [6.07, 6.45) is 0. The van der Waals surface area contributed by atoms with Crippen LogP contribution in [0.2, 0.25) is 0 Å². The number of hydrogen-bond acceptors (Lipinski definition) is 4. The summed E-state index contributed by atoms with van der Waals surface area (Å²) in [4.78, 5) is 13.0. The molecule has 0 saturated carbocycles. The molecule has 0 saturated heterocycles. The molecule has 0 fully saturated rings. The number of rotatable bonds is 3. The molecule has 3 aromatic rings. The van der Waals surface area contributed by atoms with Crippen LogP contribution in [0.4, 0.5) is 0 Å². The van der Waals surface area contributed by atoms with Gasteiger partial charge in [0.1, 0.15) is 0 Å². The normalized spacial score (nSPS) is 12.5. The van der Waals surface area contributed by atoms with E-state index in [1.807, 2.05) is 48.5 Å². The number of nitrogens with one attached hydrogen (secondary N) is 1.